The Bertz CT molecular complexity index is 978. The van der Waals surface area contributed by atoms with Crippen molar-refractivity contribution in [3.05, 3.63) is 64.1 Å². The first-order chi connectivity index (χ1) is 14.0. The molecule has 1 atom stereocenters. The molecule has 29 heavy (non-hydrogen) atoms. The van der Waals surface area contributed by atoms with E-state index in [0.29, 0.717) is 35.6 Å². The Kier molecular flexibility index (Phi) is 5.58. The van der Waals surface area contributed by atoms with Crippen LogP contribution in [0.1, 0.15) is 5.56 Å². The first-order valence-electron chi connectivity index (χ1n) is 9.05. The van der Waals surface area contributed by atoms with E-state index in [4.69, 9.17) is 38.9 Å². The summed E-state index contributed by atoms with van der Waals surface area (Å²) >= 11 is 11.9. The minimum atomic E-state index is -0.289. The summed E-state index contributed by atoms with van der Waals surface area (Å²) in [5.41, 5.74) is 7.91. The summed E-state index contributed by atoms with van der Waals surface area (Å²) in [5, 5.41) is 16.7. The van der Waals surface area contributed by atoms with Crippen LogP contribution in [0.3, 0.4) is 0 Å². The van der Waals surface area contributed by atoms with Crippen LogP contribution in [0.5, 0.6) is 5.75 Å². The second-order valence-corrected chi connectivity index (χ2v) is 7.66. The summed E-state index contributed by atoms with van der Waals surface area (Å²) in [7, 11) is 0. The summed E-state index contributed by atoms with van der Waals surface area (Å²) in [6.45, 7) is 1.64. The van der Waals surface area contributed by atoms with Crippen molar-refractivity contribution < 1.29 is 4.74 Å². The standard InChI is InChI=1S/C20H18Cl2N6O/c21-14-3-1-13(2-4-14)19-18(24)11-28(26-19)20(25-12-23)27-9-17(10-27)29-16-7-5-15(22)6-8-16/h1-8,17-18H,9-11,24H2/b25-20-. The van der Waals surface area contributed by atoms with Gasteiger partial charge in [-0.15, -0.1) is 4.99 Å². The number of rotatable bonds is 3. The maximum Gasteiger partial charge on any atom is 0.233 e. The summed E-state index contributed by atoms with van der Waals surface area (Å²) < 4.78 is 5.92. The van der Waals surface area contributed by atoms with Crippen molar-refractivity contribution >= 4 is 34.9 Å². The van der Waals surface area contributed by atoms with Gasteiger partial charge in [-0.25, -0.2) is 5.01 Å². The zero-order valence-corrected chi connectivity index (χ0v) is 16.9. The lowest BCUT2D eigenvalue weighted by Gasteiger charge is -2.41. The number of nitriles is 1. The normalized spacial score (nSPS) is 19.6. The van der Waals surface area contributed by atoms with E-state index in [2.05, 4.69) is 10.1 Å². The zero-order chi connectivity index (χ0) is 20.4. The Morgan fingerprint density at radius 3 is 2.31 bits per heavy atom. The lowest BCUT2D eigenvalue weighted by Crippen LogP contribution is -2.59. The predicted octanol–water partition coefficient (Wildman–Crippen LogP) is 2.94. The van der Waals surface area contributed by atoms with Crippen molar-refractivity contribution in [2.75, 3.05) is 19.6 Å². The molecule has 1 unspecified atom stereocenters. The molecule has 2 aliphatic rings. The molecule has 7 nitrogen and oxygen atoms in total. The molecule has 0 spiro atoms. The third-order valence-electron chi connectivity index (χ3n) is 4.72. The molecule has 2 aromatic rings. The number of likely N-dealkylation sites (tertiary alicyclic amines) is 1. The molecule has 0 radical (unpaired) electrons. The van der Waals surface area contributed by atoms with E-state index in [-0.39, 0.29) is 12.1 Å². The highest BCUT2D eigenvalue weighted by Crippen LogP contribution is 2.23. The summed E-state index contributed by atoms with van der Waals surface area (Å²) in [4.78, 5) is 5.92. The van der Waals surface area contributed by atoms with Gasteiger partial charge in [-0.3, -0.25) is 0 Å². The lowest BCUT2D eigenvalue weighted by atomic mass is 10.1. The lowest BCUT2D eigenvalue weighted by molar-refractivity contribution is 0.0588. The van der Waals surface area contributed by atoms with E-state index in [1.54, 1.807) is 29.3 Å². The molecule has 0 aliphatic carbocycles. The van der Waals surface area contributed by atoms with Crippen LogP contribution in [0.2, 0.25) is 10.0 Å². The van der Waals surface area contributed by atoms with Gasteiger partial charge in [-0.2, -0.15) is 10.4 Å². The van der Waals surface area contributed by atoms with Gasteiger partial charge in [0.05, 0.1) is 31.4 Å². The molecule has 0 amide bonds. The molecular weight excluding hydrogens is 411 g/mol. The highest BCUT2D eigenvalue weighted by molar-refractivity contribution is 6.31. The Morgan fingerprint density at radius 2 is 1.69 bits per heavy atom. The molecule has 2 aromatic carbocycles. The van der Waals surface area contributed by atoms with Crippen molar-refractivity contribution in [2.24, 2.45) is 15.8 Å². The molecule has 0 bridgehead atoms. The molecule has 2 aliphatic heterocycles. The number of ether oxygens (including phenoxy) is 1. The number of guanidine groups is 1. The number of hydrogen-bond acceptors (Lipinski definition) is 5. The van der Waals surface area contributed by atoms with Gasteiger partial charge in [0.1, 0.15) is 11.9 Å². The van der Waals surface area contributed by atoms with Gasteiger partial charge < -0.3 is 15.4 Å². The summed E-state index contributed by atoms with van der Waals surface area (Å²) in [5.74, 6) is 1.23. The number of aliphatic imine (C=N–C) groups is 1. The molecule has 2 heterocycles. The fraction of sp³-hybridized carbons (Fsp3) is 0.250. The maximum atomic E-state index is 9.14. The minimum absolute atomic E-state index is 0.00365. The van der Waals surface area contributed by atoms with Gasteiger partial charge in [0.2, 0.25) is 12.2 Å². The molecular formula is C20H18Cl2N6O. The second-order valence-electron chi connectivity index (χ2n) is 6.79. The minimum Gasteiger partial charge on any atom is -0.487 e. The van der Waals surface area contributed by atoms with Crippen LogP contribution < -0.4 is 10.5 Å². The van der Waals surface area contributed by atoms with Gasteiger partial charge in [-0.05, 0) is 42.0 Å². The van der Waals surface area contributed by atoms with E-state index in [0.717, 1.165) is 17.0 Å². The number of halogens is 2. The first-order valence-corrected chi connectivity index (χ1v) is 9.80. The molecule has 148 valence electrons. The number of hydrazone groups is 1. The fourth-order valence-corrected chi connectivity index (χ4v) is 3.51. The van der Waals surface area contributed by atoms with Crippen molar-refractivity contribution in [3.8, 4) is 11.9 Å². The van der Waals surface area contributed by atoms with Crippen LogP contribution in [0.15, 0.2) is 58.6 Å². The van der Waals surface area contributed by atoms with Crippen molar-refractivity contribution in [1.29, 1.82) is 5.26 Å². The predicted molar refractivity (Wildman–Crippen MR) is 113 cm³/mol. The Labute approximate surface area is 178 Å². The van der Waals surface area contributed by atoms with Crippen LogP contribution in [-0.2, 0) is 0 Å². The first kappa shape index (κ1) is 19.5. The van der Waals surface area contributed by atoms with Crippen molar-refractivity contribution in [2.45, 2.75) is 12.1 Å². The van der Waals surface area contributed by atoms with Gasteiger partial charge in [0.25, 0.3) is 0 Å². The molecule has 1 saturated heterocycles. The van der Waals surface area contributed by atoms with E-state index in [9.17, 15) is 0 Å². The fourth-order valence-electron chi connectivity index (χ4n) is 3.25. The smallest absolute Gasteiger partial charge is 0.233 e. The Balaban J connectivity index is 1.44. The molecule has 2 N–H and O–H groups in total. The van der Waals surface area contributed by atoms with Crippen LogP contribution in [-0.4, -0.2) is 53.4 Å². The molecule has 1 fully saturated rings. The van der Waals surface area contributed by atoms with Crippen LogP contribution >= 0.6 is 23.2 Å². The number of hydrogen-bond donors (Lipinski definition) is 1. The molecule has 4 rings (SSSR count). The zero-order valence-electron chi connectivity index (χ0n) is 15.4. The van der Waals surface area contributed by atoms with Crippen molar-refractivity contribution in [3.63, 3.8) is 0 Å². The van der Waals surface area contributed by atoms with Crippen molar-refractivity contribution in [1.82, 2.24) is 9.91 Å². The van der Waals surface area contributed by atoms with E-state index < -0.39 is 0 Å². The SMILES string of the molecule is N#C/N=C(/N1CC(Oc2ccc(Cl)cc2)C1)N1CC(N)C(c2ccc(Cl)cc2)=N1. The third-order valence-corrected chi connectivity index (χ3v) is 5.22. The summed E-state index contributed by atoms with van der Waals surface area (Å²) in [6.07, 6.45) is 1.86. The monoisotopic (exact) mass is 428 g/mol. The average molecular weight is 429 g/mol. The van der Waals surface area contributed by atoms with Crippen LogP contribution in [0, 0.1) is 11.5 Å². The van der Waals surface area contributed by atoms with Gasteiger partial charge in [-0.1, -0.05) is 35.3 Å². The van der Waals surface area contributed by atoms with E-state index >= 15 is 0 Å². The van der Waals surface area contributed by atoms with E-state index in [1.807, 2.05) is 35.4 Å². The Morgan fingerprint density at radius 1 is 1.07 bits per heavy atom. The van der Waals surface area contributed by atoms with Gasteiger partial charge >= 0.3 is 0 Å². The van der Waals surface area contributed by atoms with E-state index in [1.165, 1.54) is 0 Å². The van der Waals surface area contributed by atoms with Gasteiger partial charge in [0, 0.05) is 10.0 Å². The highest BCUT2D eigenvalue weighted by atomic mass is 35.5. The maximum absolute atomic E-state index is 9.14. The number of benzene rings is 2. The number of nitrogens with zero attached hydrogens (tertiary/aromatic N) is 5. The molecule has 0 saturated carbocycles. The average Bonchev–Trinajstić information content (AvgIpc) is 3.06. The molecule has 9 heteroatoms. The van der Waals surface area contributed by atoms with Gasteiger partial charge in [0.15, 0.2) is 0 Å². The third kappa shape index (κ3) is 4.30. The number of nitrogens with two attached hydrogens (primary N) is 1. The van der Waals surface area contributed by atoms with Crippen LogP contribution in [0.25, 0.3) is 0 Å². The second kappa shape index (κ2) is 8.29. The van der Waals surface area contributed by atoms with Crippen LogP contribution in [0.4, 0.5) is 0 Å². The summed E-state index contributed by atoms with van der Waals surface area (Å²) in [6, 6.07) is 14.3. The quantitative estimate of drug-likeness (QED) is 0.460. The highest BCUT2D eigenvalue weighted by Gasteiger charge is 2.37. The Hall–Kier alpha value is -2.79. The topological polar surface area (TPSA) is 90.2 Å². The molecule has 0 aromatic heterocycles. The largest absolute Gasteiger partial charge is 0.487 e.